The first-order valence-corrected chi connectivity index (χ1v) is 5.50. The maximum atomic E-state index is 5.59. The lowest BCUT2D eigenvalue weighted by Crippen LogP contribution is -1.95. The molecule has 16 heavy (non-hydrogen) atoms. The van der Waals surface area contributed by atoms with E-state index in [1.807, 2.05) is 24.3 Å². The van der Waals surface area contributed by atoms with Gasteiger partial charge in [0.15, 0.2) is 5.82 Å². The molecule has 2 N–H and O–H groups in total. The second kappa shape index (κ2) is 3.72. The largest absolute Gasteiger partial charge is 0.334 e. The Morgan fingerprint density at radius 1 is 1.38 bits per heavy atom. The highest BCUT2D eigenvalue weighted by molar-refractivity contribution is 5.54. The second-order valence-corrected chi connectivity index (χ2v) is 4.14. The van der Waals surface area contributed by atoms with Gasteiger partial charge in [0.05, 0.1) is 0 Å². The summed E-state index contributed by atoms with van der Waals surface area (Å²) in [6.45, 7) is 0.525. The first kappa shape index (κ1) is 9.54. The van der Waals surface area contributed by atoms with E-state index in [0.717, 1.165) is 17.0 Å². The number of benzene rings is 1. The third kappa shape index (κ3) is 1.72. The summed E-state index contributed by atoms with van der Waals surface area (Å²) in [5.41, 5.74) is 7.61. The Morgan fingerprint density at radius 3 is 3.00 bits per heavy atom. The molecule has 0 spiro atoms. The molecule has 4 nitrogen and oxygen atoms in total. The van der Waals surface area contributed by atoms with Crippen LogP contribution in [0.3, 0.4) is 0 Å². The lowest BCUT2D eigenvalue weighted by atomic mass is 10.1. The summed E-state index contributed by atoms with van der Waals surface area (Å²) in [7, 11) is 0. The molecule has 0 bridgehead atoms. The van der Waals surface area contributed by atoms with E-state index in [2.05, 4.69) is 10.1 Å². The van der Waals surface area contributed by atoms with E-state index in [4.69, 9.17) is 10.3 Å². The van der Waals surface area contributed by atoms with Crippen LogP contribution in [-0.4, -0.2) is 10.1 Å². The van der Waals surface area contributed by atoms with Gasteiger partial charge in [-0.15, -0.1) is 0 Å². The van der Waals surface area contributed by atoms with Crippen LogP contribution in [0.25, 0.3) is 11.5 Å². The molecule has 1 aliphatic carbocycles. The van der Waals surface area contributed by atoms with Gasteiger partial charge in [-0.05, 0) is 30.5 Å². The molecular formula is C12H13N3O. The Labute approximate surface area is 93.5 Å². The van der Waals surface area contributed by atoms with E-state index in [1.165, 1.54) is 12.8 Å². The molecule has 1 aliphatic rings. The molecular weight excluding hydrogens is 202 g/mol. The van der Waals surface area contributed by atoms with Gasteiger partial charge in [0.1, 0.15) is 0 Å². The van der Waals surface area contributed by atoms with E-state index in [-0.39, 0.29) is 0 Å². The lowest BCUT2D eigenvalue weighted by molar-refractivity contribution is 0.422. The average molecular weight is 215 g/mol. The van der Waals surface area contributed by atoms with Crippen molar-refractivity contribution in [3.8, 4) is 11.5 Å². The smallest absolute Gasteiger partial charge is 0.257 e. The van der Waals surface area contributed by atoms with Crippen molar-refractivity contribution in [2.75, 3.05) is 0 Å². The van der Waals surface area contributed by atoms with Crippen molar-refractivity contribution in [2.45, 2.75) is 25.3 Å². The molecule has 1 saturated carbocycles. The summed E-state index contributed by atoms with van der Waals surface area (Å²) in [5, 5.41) is 3.99. The van der Waals surface area contributed by atoms with Gasteiger partial charge in [-0.1, -0.05) is 17.3 Å². The van der Waals surface area contributed by atoms with E-state index < -0.39 is 0 Å². The zero-order chi connectivity index (χ0) is 11.0. The van der Waals surface area contributed by atoms with E-state index in [1.54, 1.807) is 0 Å². The molecule has 1 aromatic carbocycles. The first-order chi connectivity index (χ1) is 7.86. The van der Waals surface area contributed by atoms with Crippen molar-refractivity contribution in [1.29, 1.82) is 0 Å². The Bertz CT molecular complexity index is 502. The standard InChI is InChI=1S/C12H13N3O/c13-7-8-2-1-3-10(6-8)12-14-11(15-16-12)9-4-5-9/h1-3,6,9H,4-5,7,13H2. The fourth-order valence-corrected chi connectivity index (χ4v) is 1.69. The Morgan fingerprint density at radius 2 is 2.25 bits per heavy atom. The predicted molar refractivity (Wildman–Crippen MR) is 59.6 cm³/mol. The minimum atomic E-state index is 0.523. The number of nitrogens with two attached hydrogens (primary N) is 1. The average Bonchev–Trinajstić information content (AvgIpc) is 3.07. The first-order valence-electron chi connectivity index (χ1n) is 5.50. The maximum Gasteiger partial charge on any atom is 0.257 e. The van der Waals surface area contributed by atoms with Crippen LogP contribution < -0.4 is 5.73 Å². The van der Waals surface area contributed by atoms with Gasteiger partial charge in [0, 0.05) is 18.0 Å². The Hall–Kier alpha value is -1.68. The molecule has 0 atom stereocenters. The molecule has 0 aliphatic heterocycles. The van der Waals surface area contributed by atoms with Gasteiger partial charge in [0.25, 0.3) is 5.89 Å². The van der Waals surface area contributed by atoms with Crippen molar-refractivity contribution in [3.05, 3.63) is 35.7 Å². The molecule has 2 aromatic rings. The molecule has 1 fully saturated rings. The van der Waals surface area contributed by atoms with Crippen molar-refractivity contribution >= 4 is 0 Å². The van der Waals surface area contributed by atoms with E-state index in [9.17, 15) is 0 Å². The van der Waals surface area contributed by atoms with Gasteiger partial charge in [-0.25, -0.2) is 0 Å². The maximum absolute atomic E-state index is 5.59. The van der Waals surface area contributed by atoms with E-state index >= 15 is 0 Å². The molecule has 0 amide bonds. The van der Waals surface area contributed by atoms with Gasteiger partial charge < -0.3 is 10.3 Å². The SMILES string of the molecule is NCc1cccc(-c2nc(C3CC3)no2)c1. The molecule has 82 valence electrons. The topological polar surface area (TPSA) is 64.9 Å². The zero-order valence-corrected chi connectivity index (χ0v) is 8.89. The normalized spacial score (nSPS) is 15.3. The van der Waals surface area contributed by atoms with Crippen LogP contribution in [0.5, 0.6) is 0 Å². The number of hydrogen-bond acceptors (Lipinski definition) is 4. The third-order valence-electron chi connectivity index (χ3n) is 2.79. The van der Waals surface area contributed by atoms with Crippen LogP contribution in [0, 0.1) is 0 Å². The predicted octanol–water partition coefficient (Wildman–Crippen LogP) is 2.07. The van der Waals surface area contributed by atoms with Crippen molar-refractivity contribution < 1.29 is 4.52 Å². The van der Waals surface area contributed by atoms with Crippen LogP contribution in [-0.2, 0) is 6.54 Å². The number of rotatable bonds is 3. The monoisotopic (exact) mass is 215 g/mol. The van der Waals surface area contributed by atoms with Gasteiger partial charge in [-0.2, -0.15) is 4.98 Å². The minimum absolute atomic E-state index is 0.523. The molecule has 0 unspecified atom stereocenters. The third-order valence-corrected chi connectivity index (χ3v) is 2.79. The summed E-state index contributed by atoms with van der Waals surface area (Å²) in [6, 6.07) is 7.90. The summed E-state index contributed by atoms with van der Waals surface area (Å²) in [5.74, 6) is 1.96. The number of hydrogen-bond donors (Lipinski definition) is 1. The van der Waals surface area contributed by atoms with Crippen molar-refractivity contribution in [2.24, 2.45) is 5.73 Å². The van der Waals surface area contributed by atoms with Crippen molar-refractivity contribution in [1.82, 2.24) is 10.1 Å². The van der Waals surface area contributed by atoms with Crippen molar-refractivity contribution in [3.63, 3.8) is 0 Å². The molecule has 1 heterocycles. The van der Waals surface area contributed by atoms with Crippen LogP contribution in [0.1, 0.15) is 30.1 Å². The van der Waals surface area contributed by atoms with Crippen LogP contribution in [0.15, 0.2) is 28.8 Å². The highest BCUT2D eigenvalue weighted by atomic mass is 16.5. The van der Waals surface area contributed by atoms with Gasteiger partial charge in [0.2, 0.25) is 0 Å². The Balaban J connectivity index is 1.93. The minimum Gasteiger partial charge on any atom is -0.334 e. The number of nitrogens with zero attached hydrogens (tertiary/aromatic N) is 2. The molecule has 1 aromatic heterocycles. The fourth-order valence-electron chi connectivity index (χ4n) is 1.69. The Kier molecular flexibility index (Phi) is 2.22. The summed E-state index contributed by atoms with van der Waals surface area (Å²) in [4.78, 5) is 4.40. The summed E-state index contributed by atoms with van der Waals surface area (Å²) < 4.78 is 5.25. The zero-order valence-electron chi connectivity index (χ0n) is 8.89. The fraction of sp³-hybridized carbons (Fsp3) is 0.333. The highest BCUT2D eigenvalue weighted by Gasteiger charge is 2.28. The second-order valence-electron chi connectivity index (χ2n) is 4.14. The van der Waals surface area contributed by atoms with Crippen LogP contribution in [0.4, 0.5) is 0 Å². The lowest BCUT2D eigenvalue weighted by Gasteiger charge is -1.97. The molecule has 0 saturated heterocycles. The summed E-state index contributed by atoms with van der Waals surface area (Å²) in [6.07, 6.45) is 2.36. The van der Waals surface area contributed by atoms with Crippen LogP contribution >= 0.6 is 0 Å². The molecule has 4 heteroatoms. The quantitative estimate of drug-likeness (QED) is 0.851. The van der Waals surface area contributed by atoms with Gasteiger partial charge >= 0.3 is 0 Å². The number of aromatic nitrogens is 2. The van der Waals surface area contributed by atoms with E-state index in [0.29, 0.717) is 18.4 Å². The van der Waals surface area contributed by atoms with Crippen LogP contribution in [0.2, 0.25) is 0 Å². The molecule has 3 rings (SSSR count). The highest BCUT2D eigenvalue weighted by Crippen LogP contribution is 2.38. The molecule has 0 radical (unpaired) electrons. The summed E-state index contributed by atoms with van der Waals surface area (Å²) >= 11 is 0. The van der Waals surface area contributed by atoms with Gasteiger partial charge in [-0.3, -0.25) is 0 Å².